The lowest BCUT2D eigenvalue weighted by molar-refractivity contribution is 0.663. The van der Waals surface area contributed by atoms with Crippen LogP contribution in [-0.4, -0.2) is 34.1 Å². The Bertz CT molecular complexity index is 259. The Morgan fingerprint density at radius 3 is 3.00 bits per heavy atom. The third-order valence-corrected chi connectivity index (χ3v) is 3.57. The summed E-state index contributed by atoms with van der Waals surface area (Å²) >= 11 is 2.01. The van der Waals surface area contributed by atoms with Crippen molar-refractivity contribution in [1.82, 2.24) is 14.9 Å². The Morgan fingerprint density at radius 2 is 2.24 bits per heavy atom. The van der Waals surface area contributed by atoms with Crippen LogP contribution in [0.4, 0.5) is 0 Å². The zero-order valence-corrected chi connectivity index (χ0v) is 11.9. The van der Waals surface area contributed by atoms with Crippen LogP contribution in [0.5, 0.6) is 0 Å². The minimum Gasteiger partial charge on any atom is -0.337 e. The van der Waals surface area contributed by atoms with Crippen molar-refractivity contribution in [2.24, 2.45) is 0 Å². The van der Waals surface area contributed by atoms with Crippen LogP contribution in [0.1, 0.15) is 32.4 Å². The van der Waals surface area contributed by atoms with Gasteiger partial charge in [0.2, 0.25) is 0 Å². The maximum Gasteiger partial charge on any atom is 0.0949 e. The molecular weight excluding hydrogens is 230 g/mol. The van der Waals surface area contributed by atoms with Gasteiger partial charge in [0.15, 0.2) is 0 Å². The normalized spacial score (nSPS) is 10.9. The van der Waals surface area contributed by atoms with Crippen LogP contribution in [0.2, 0.25) is 0 Å². The van der Waals surface area contributed by atoms with E-state index in [0.717, 1.165) is 26.1 Å². The zero-order chi connectivity index (χ0) is 12.3. The van der Waals surface area contributed by atoms with Crippen molar-refractivity contribution in [3.8, 4) is 0 Å². The first kappa shape index (κ1) is 14.6. The lowest BCUT2D eigenvalue weighted by atomic mass is 10.3. The van der Waals surface area contributed by atoms with E-state index in [9.17, 15) is 0 Å². The summed E-state index contributed by atoms with van der Waals surface area (Å²) < 4.78 is 2.21. The molecule has 3 nitrogen and oxygen atoms in total. The third-order valence-electron chi connectivity index (χ3n) is 2.58. The van der Waals surface area contributed by atoms with Gasteiger partial charge in [0, 0.05) is 25.7 Å². The van der Waals surface area contributed by atoms with E-state index in [0.29, 0.717) is 0 Å². The maximum absolute atomic E-state index is 4.43. The summed E-state index contributed by atoms with van der Waals surface area (Å²) in [7, 11) is 0. The Morgan fingerprint density at radius 1 is 1.35 bits per heavy atom. The maximum atomic E-state index is 4.43. The van der Waals surface area contributed by atoms with Crippen molar-refractivity contribution in [3.63, 3.8) is 0 Å². The van der Waals surface area contributed by atoms with Gasteiger partial charge in [-0.25, -0.2) is 4.98 Å². The highest BCUT2D eigenvalue weighted by atomic mass is 32.2. The van der Waals surface area contributed by atoms with E-state index in [1.54, 1.807) is 0 Å². The predicted octanol–water partition coefficient (Wildman–Crippen LogP) is 2.57. The molecular formula is C13H25N3S. The van der Waals surface area contributed by atoms with E-state index < -0.39 is 0 Å². The van der Waals surface area contributed by atoms with Crippen molar-refractivity contribution in [1.29, 1.82) is 0 Å². The van der Waals surface area contributed by atoms with Gasteiger partial charge in [0.05, 0.1) is 12.0 Å². The summed E-state index contributed by atoms with van der Waals surface area (Å²) in [4.78, 5) is 4.43. The number of aromatic nitrogens is 2. The first-order valence-corrected chi connectivity index (χ1v) is 7.81. The molecule has 0 aliphatic rings. The van der Waals surface area contributed by atoms with Crippen molar-refractivity contribution >= 4 is 11.8 Å². The first-order chi connectivity index (χ1) is 8.36. The highest BCUT2D eigenvalue weighted by Crippen LogP contribution is 2.04. The van der Waals surface area contributed by atoms with Crippen molar-refractivity contribution in [3.05, 3.63) is 18.2 Å². The fourth-order valence-corrected chi connectivity index (χ4v) is 2.29. The molecule has 0 atom stereocenters. The SMILES string of the molecule is CCCNCCc1cn(CCCSCC)cn1. The van der Waals surface area contributed by atoms with E-state index in [4.69, 9.17) is 0 Å². The number of nitrogens with one attached hydrogen (secondary N) is 1. The number of rotatable bonds is 10. The predicted molar refractivity (Wildman–Crippen MR) is 76.7 cm³/mol. The van der Waals surface area contributed by atoms with Gasteiger partial charge in [-0.1, -0.05) is 13.8 Å². The minimum absolute atomic E-state index is 1.04. The van der Waals surface area contributed by atoms with E-state index >= 15 is 0 Å². The summed E-state index contributed by atoms with van der Waals surface area (Å²) in [6, 6.07) is 0. The number of thioether (sulfide) groups is 1. The van der Waals surface area contributed by atoms with Crippen LogP contribution >= 0.6 is 11.8 Å². The average Bonchev–Trinajstić information content (AvgIpc) is 2.78. The standard InChI is InChI=1S/C13H25N3S/c1-3-7-14-8-6-13-11-16(12-15-13)9-5-10-17-4-2/h11-12,14H,3-10H2,1-2H3. The molecule has 98 valence electrons. The van der Waals surface area contributed by atoms with E-state index in [-0.39, 0.29) is 0 Å². The molecule has 0 radical (unpaired) electrons. The van der Waals surface area contributed by atoms with Crippen molar-refractivity contribution in [2.75, 3.05) is 24.6 Å². The smallest absolute Gasteiger partial charge is 0.0949 e. The molecule has 0 bridgehead atoms. The molecule has 1 aromatic rings. The number of hydrogen-bond donors (Lipinski definition) is 1. The summed E-state index contributed by atoms with van der Waals surface area (Å²) in [5, 5.41) is 3.40. The molecule has 0 amide bonds. The molecule has 4 heteroatoms. The van der Waals surface area contributed by atoms with Gasteiger partial charge in [0.25, 0.3) is 0 Å². The molecule has 0 aliphatic heterocycles. The van der Waals surface area contributed by atoms with Gasteiger partial charge < -0.3 is 9.88 Å². The lowest BCUT2D eigenvalue weighted by Gasteiger charge is -2.01. The molecule has 1 heterocycles. The van der Waals surface area contributed by atoms with Crippen molar-refractivity contribution in [2.45, 2.75) is 39.7 Å². The van der Waals surface area contributed by atoms with E-state index in [2.05, 4.69) is 34.9 Å². The van der Waals surface area contributed by atoms with Crippen LogP contribution < -0.4 is 5.32 Å². The Hall–Kier alpha value is -0.480. The van der Waals surface area contributed by atoms with Crippen LogP contribution in [0, 0.1) is 0 Å². The minimum atomic E-state index is 1.04. The molecule has 1 aromatic heterocycles. The van der Waals surface area contributed by atoms with Gasteiger partial charge in [-0.05, 0) is 30.9 Å². The largest absolute Gasteiger partial charge is 0.337 e. The van der Waals surface area contributed by atoms with E-state index in [1.807, 2.05) is 18.1 Å². The second-order valence-corrected chi connectivity index (χ2v) is 5.55. The average molecular weight is 255 g/mol. The summed E-state index contributed by atoms with van der Waals surface area (Å²) in [6.07, 6.45) is 7.62. The van der Waals surface area contributed by atoms with Crippen molar-refractivity contribution < 1.29 is 0 Å². The molecule has 0 aliphatic carbocycles. The summed E-state index contributed by atoms with van der Waals surface area (Å²) in [6.45, 7) is 7.65. The molecule has 1 rings (SSSR count). The van der Waals surface area contributed by atoms with Crippen LogP contribution in [0.3, 0.4) is 0 Å². The van der Waals surface area contributed by atoms with Gasteiger partial charge in [-0.2, -0.15) is 11.8 Å². The Kier molecular flexibility index (Phi) is 8.18. The summed E-state index contributed by atoms with van der Waals surface area (Å²) in [5.74, 6) is 2.47. The fraction of sp³-hybridized carbons (Fsp3) is 0.769. The van der Waals surface area contributed by atoms with Crippen LogP contribution in [0.15, 0.2) is 12.5 Å². The van der Waals surface area contributed by atoms with Gasteiger partial charge in [0.1, 0.15) is 0 Å². The fourth-order valence-electron chi connectivity index (χ4n) is 1.67. The number of imidazole rings is 1. The Balaban J connectivity index is 2.14. The van der Waals surface area contributed by atoms with Crippen LogP contribution in [0.25, 0.3) is 0 Å². The van der Waals surface area contributed by atoms with Gasteiger partial charge in [-0.15, -0.1) is 0 Å². The molecule has 0 aromatic carbocycles. The third kappa shape index (κ3) is 6.74. The zero-order valence-electron chi connectivity index (χ0n) is 11.1. The monoisotopic (exact) mass is 255 g/mol. The molecule has 0 unspecified atom stereocenters. The second-order valence-electron chi connectivity index (χ2n) is 4.15. The number of aryl methyl sites for hydroxylation is 1. The molecule has 0 spiro atoms. The summed E-state index contributed by atoms with van der Waals surface area (Å²) in [5.41, 5.74) is 1.21. The number of nitrogens with zero attached hydrogens (tertiary/aromatic N) is 2. The van der Waals surface area contributed by atoms with Crippen LogP contribution in [-0.2, 0) is 13.0 Å². The van der Waals surface area contributed by atoms with Gasteiger partial charge >= 0.3 is 0 Å². The Labute approximate surface area is 109 Å². The highest BCUT2D eigenvalue weighted by molar-refractivity contribution is 7.99. The molecule has 1 N–H and O–H groups in total. The second kappa shape index (κ2) is 9.54. The quantitative estimate of drug-likeness (QED) is 0.652. The molecule has 0 fully saturated rings. The van der Waals surface area contributed by atoms with E-state index in [1.165, 1.54) is 30.0 Å². The number of hydrogen-bond acceptors (Lipinski definition) is 3. The molecule has 0 saturated heterocycles. The molecule has 17 heavy (non-hydrogen) atoms. The topological polar surface area (TPSA) is 29.9 Å². The first-order valence-electron chi connectivity index (χ1n) is 6.66. The molecule has 0 saturated carbocycles. The lowest BCUT2D eigenvalue weighted by Crippen LogP contribution is -2.17. The van der Waals surface area contributed by atoms with Gasteiger partial charge in [-0.3, -0.25) is 0 Å². The highest BCUT2D eigenvalue weighted by Gasteiger charge is 1.98.